The first kappa shape index (κ1) is 21.9. The van der Waals surface area contributed by atoms with Crippen LogP contribution in [0.25, 0.3) is 0 Å². The predicted molar refractivity (Wildman–Crippen MR) is 94.8 cm³/mol. The van der Waals surface area contributed by atoms with E-state index in [1.165, 1.54) is 13.0 Å². The summed E-state index contributed by atoms with van der Waals surface area (Å²) in [6, 6.07) is 2.76. The molecule has 28 heavy (non-hydrogen) atoms. The van der Waals surface area contributed by atoms with Gasteiger partial charge in [0.25, 0.3) is 0 Å². The van der Waals surface area contributed by atoms with E-state index in [4.69, 9.17) is 0 Å². The van der Waals surface area contributed by atoms with Crippen molar-refractivity contribution in [2.75, 3.05) is 6.54 Å². The molecular formula is C18H18F3NO5S. The minimum absolute atomic E-state index is 0.213. The molecule has 1 aliphatic heterocycles. The molecule has 0 aromatic heterocycles. The summed E-state index contributed by atoms with van der Waals surface area (Å²) < 4.78 is 38.7. The molecule has 1 aromatic carbocycles. The van der Waals surface area contributed by atoms with Gasteiger partial charge in [-0.1, -0.05) is 23.9 Å². The second-order valence-electron chi connectivity index (χ2n) is 6.33. The zero-order valence-corrected chi connectivity index (χ0v) is 15.7. The van der Waals surface area contributed by atoms with E-state index < -0.39 is 52.2 Å². The minimum Gasteiger partial charge on any atom is -0.480 e. The van der Waals surface area contributed by atoms with Gasteiger partial charge < -0.3 is 10.0 Å². The quantitative estimate of drug-likeness (QED) is 0.716. The molecule has 0 saturated carbocycles. The van der Waals surface area contributed by atoms with Crippen molar-refractivity contribution in [3.8, 4) is 0 Å². The fraction of sp³-hybridized carbons (Fsp3) is 0.444. The van der Waals surface area contributed by atoms with E-state index in [1.54, 1.807) is 0 Å². The third-order valence-electron chi connectivity index (χ3n) is 4.29. The number of carbonyl (C=O) groups excluding carboxylic acids is 3. The smallest absolute Gasteiger partial charge is 0.416 e. The molecule has 1 aromatic rings. The molecular weight excluding hydrogens is 399 g/mol. The van der Waals surface area contributed by atoms with Crippen molar-refractivity contribution >= 4 is 34.5 Å². The van der Waals surface area contributed by atoms with Crippen LogP contribution in [0.1, 0.15) is 42.1 Å². The van der Waals surface area contributed by atoms with E-state index in [9.17, 15) is 37.5 Å². The fourth-order valence-electron chi connectivity index (χ4n) is 3.02. The van der Waals surface area contributed by atoms with E-state index >= 15 is 0 Å². The number of carboxylic acids is 1. The zero-order valence-electron chi connectivity index (χ0n) is 14.9. The number of halogens is 3. The largest absolute Gasteiger partial charge is 0.480 e. The SMILES string of the molecule is CC(=O)SC(CC(=O)N1CCCC1C(=O)O)C(=O)c1cccc(C(F)(F)F)c1. The number of carbonyl (C=O) groups is 4. The highest BCUT2D eigenvalue weighted by Crippen LogP contribution is 2.31. The van der Waals surface area contributed by atoms with Crippen LogP contribution >= 0.6 is 11.8 Å². The monoisotopic (exact) mass is 417 g/mol. The summed E-state index contributed by atoms with van der Waals surface area (Å²) in [7, 11) is 0. The number of amides is 1. The number of aliphatic carboxylic acids is 1. The van der Waals surface area contributed by atoms with Crippen molar-refractivity contribution in [1.29, 1.82) is 0 Å². The molecule has 1 saturated heterocycles. The van der Waals surface area contributed by atoms with Crippen molar-refractivity contribution < 1.29 is 37.5 Å². The van der Waals surface area contributed by atoms with Gasteiger partial charge in [0, 0.05) is 25.5 Å². The molecule has 0 aliphatic carbocycles. The van der Waals surface area contributed by atoms with Crippen LogP contribution in [0.5, 0.6) is 0 Å². The lowest BCUT2D eigenvalue weighted by molar-refractivity contribution is -0.148. The highest BCUT2D eigenvalue weighted by atomic mass is 32.2. The number of hydrogen-bond donors (Lipinski definition) is 1. The maximum absolute atomic E-state index is 12.9. The van der Waals surface area contributed by atoms with Crippen molar-refractivity contribution in [1.82, 2.24) is 4.90 Å². The Labute approximate surface area is 163 Å². The van der Waals surface area contributed by atoms with Crippen molar-refractivity contribution in [2.24, 2.45) is 0 Å². The number of Topliss-reactive ketones (excluding diaryl/α,β-unsaturated/α-hetero) is 1. The van der Waals surface area contributed by atoms with Crippen LogP contribution in [-0.2, 0) is 20.6 Å². The Kier molecular flexibility index (Phi) is 6.87. The average molecular weight is 417 g/mol. The highest BCUT2D eigenvalue weighted by Gasteiger charge is 2.37. The van der Waals surface area contributed by atoms with Crippen LogP contribution in [0.2, 0.25) is 0 Å². The summed E-state index contributed by atoms with van der Waals surface area (Å²) in [4.78, 5) is 49.1. The maximum Gasteiger partial charge on any atom is 0.416 e. The van der Waals surface area contributed by atoms with Crippen LogP contribution in [0.4, 0.5) is 13.2 Å². The normalized spacial score (nSPS) is 18.0. The van der Waals surface area contributed by atoms with E-state index in [-0.39, 0.29) is 18.5 Å². The van der Waals surface area contributed by atoms with Gasteiger partial charge in [-0.15, -0.1) is 0 Å². The molecule has 1 amide bonds. The standard InChI is InChI=1S/C18H18F3NO5S/c1-10(23)28-14(9-15(24)22-7-3-6-13(22)17(26)27)16(25)11-4-2-5-12(8-11)18(19,20)21/h2,4-5,8,13-14H,3,6-7,9H2,1H3,(H,26,27). The molecule has 2 atom stereocenters. The van der Waals surface area contributed by atoms with E-state index in [0.717, 1.165) is 17.0 Å². The Morgan fingerprint density at radius 2 is 1.96 bits per heavy atom. The molecule has 2 rings (SSSR count). The molecule has 6 nitrogen and oxygen atoms in total. The van der Waals surface area contributed by atoms with Gasteiger partial charge in [0.2, 0.25) is 5.91 Å². The molecule has 10 heteroatoms. The number of alkyl halides is 3. The van der Waals surface area contributed by atoms with Gasteiger partial charge in [0.05, 0.1) is 10.8 Å². The Balaban J connectivity index is 2.24. The Morgan fingerprint density at radius 3 is 2.54 bits per heavy atom. The van der Waals surface area contributed by atoms with Crippen LogP contribution in [-0.4, -0.2) is 50.6 Å². The lowest BCUT2D eigenvalue weighted by atomic mass is 10.0. The van der Waals surface area contributed by atoms with Crippen LogP contribution < -0.4 is 0 Å². The third-order valence-corrected chi connectivity index (χ3v) is 5.29. The number of nitrogens with zero attached hydrogens (tertiary/aromatic N) is 1. The van der Waals surface area contributed by atoms with E-state index in [2.05, 4.69) is 0 Å². The molecule has 0 spiro atoms. The molecule has 1 N–H and O–H groups in total. The summed E-state index contributed by atoms with van der Waals surface area (Å²) in [5, 5.41) is 7.47. The van der Waals surface area contributed by atoms with Crippen molar-refractivity contribution in [3.63, 3.8) is 0 Å². The van der Waals surface area contributed by atoms with Crippen molar-refractivity contribution in [3.05, 3.63) is 35.4 Å². The van der Waals surface area contributed by atoms with E-state index in [0.29, 0.717) is 24.2 Å². The zero-order chi connectivity index (χ0) is 21.1. The summed E-state index contributed by atoms with van der Waals surface area (Å²) in [6.07, 6.45) is -4.33. The fourth-order valence-corrected chi connectivity index (χ4v) is 3.89. The maximum atomic E-state index is 12.9. The van der Waals surface area contributed by atoms with Gasteiger partial charge in [0.1, 0.15) is 6.04 Å². The van der Waals surface area contributed by atoms with Gasteiger partial charge >= 0.3 is 12.1 Å². The summed E-state index contributed by atoms with van der Waals surface area (Å²) in [5.41, 5.74) is -1.28. The minimum atomic E-state index is -4.64. The second-order valence-corrected chi connectivity index (χ2v) is 7.71. The van der Waals surface area contributed by atoms with Crippen LogP contribution in [0, 0.1) is 0 Å². The lowest BCUT2D eigenvalue weighted by Gasteiger charge is -2.23. The number of likely N-dealkylation sites (tertiary alicyclic amines) is 1. The summed E-state index contributed by atoms with van der Waals surface area (Å²) in [6.45, 7) is 1.39. The van der Waals surface area contributed by atoms with Gasteiger partial charge in [-0.05, 0) is 25.0 Å². The van der Waals surface area contributed by atoms with Crippen molar-refractivity contribution in [2.45, 2.75) is 43.7 Å². The Hall–Kier alpha value is -2.36. The highest BCUT2D eigenvalue weighted by molar-refractivity contribution is 8.14. The number of thioether (sulfide) groups is 1. The molecule has 1 heterocycles. The number of benzene rings is 1. The van der Waals surface area contributed by atoms with Crippen LogP contribution in [0.3, 0.4) is 0 Å². The Bertz CT molecular complexity index is 796. The van der Waals surface area contributed by atoms with Crippen LogP contribution in [0.15, 0.2) is 24.3 Å². The van der Waals surface area contributed by atoms with E-state index in [1.807, 2.05) is 0 Å². The predicted octanol–water partition coefficient (Wildman–Crippen LogP) is 3.00. The molecule has 1 aliphatic rings. The summed E-state index contributed by atoms with van der Waals surface area (Å²) in [5.74, 6) is -2.57. The number of carboxylic acid groups (broad SMARTS) is 1. The van der Waals surface area contributed by atoms with Gasteiger partial charge in [-0.3, -0.25) is 14.4 Å². The molecule has 0 bridgehead atoms. The summed E-state index contributed by atoms with van der Waals surface area (Å²) >= 11 is 0.548. The third kappa shape index (κ3) is 5.34. The molecule has 0 radical (unpaired) electrons. The molecule has 152 valence electrons. The lowest BCUT2D eigenvalue weighted by Crippen LogP contribution is -2.42. The van der Waals surface area contributed by atoms with Gasteiger partial charge in [0.15, 0.2) is 10.9 Å². The van der Waals surface area contributed by atoms with Gasteiger partial charge in [-0.25, -0.2) is 4.79 Å². The number of rotatable bonds is 6. The molecule has 1 fully saturated rings. The average Bonchev–Trinajstić information content (AvgIpc) is 3.09. The second kappa shape index (κ2) is 8.76. The van der Waals surface area contributed by atoms with Gasteiger partial charge in [-0.2, -0.15) is 13.2 Å². The first-order valence-electron chi connectivity index (χ1n) is 8.41. The first-order chi connectivity index (χ1) is 13.0. The Morgan fingerprint density at radius 1 is 1.29 bits per heavy atom. The first-order valence-corrected chi connectivity index (χ1v) is 9.29. The topological polar surface area (TPSA) is 91.8 Å². The number of ketones is 1. The molecule has 2 unspecified atom stereocenters. The number of hydrogen-bond acceptors (Lipinski definition) is 5.